The Hall–Kier alpha value is -1.22. The lowest BCUT2D eigenvalue weighted by molar-refractivity contribution is 0.0936. The number of ether oxygens (including phenoxy) is 1. The maximum absolute atomic E-state index is 12.1. The lowest BCUT2D eigenvalue weighted by Crippen LogP contribution is -2.34. The van der Waals surface area contributed by atoms with Gasteiger partial charge in [0, 0.05) is 18.0 Å². The Morgan fingerprint density at radius 3 is 2.50 bits per heavy atom. The number of hydrogen-bond donors (Lipinski definition) is 1. The molecule has 0 radical (unpaired) electrons. The minimum atomic E-state index is -0.0217. The fourth-order valence-electron chi connectivity index (χ4n) is 2.82. The number of nitrogens with one attached hydrogen (secondary N) is 1. The van der Waals surface area contributed by atoms with Crippen molar-refractivity contribution < 1.29 is 9.53 Å². The molecule has 1 saturated carbocycles. The van der Waals surface area contributed by atoms with Gasteiger partial charge in [-0.05, 0) is 48.9 Å². The Bertz CT molecular complexity index is 433. The summed E-state index contributed by atoms with van der Waals surface area (Å²) in [6, 6.07) is 7.18. The largest absolute Gasteiger partial charge is 0.497 e. The van der Waals surface area contributed by atoms with E-state index in [1.165, 1.54) is 25.7 Å². The monoisotopic (exact) mass is 295 g/mol. The molecule has 1 aromatic rings. The fraction of sp³-hybridized carbons (Fsp3) is 0.562. The van der Waals surface area contributed by atoms with Gasteiger partial charge in [0.05, 0.1) is 7.11 Å². The number of benzene rings is 1. The molecule has 0 heterocycles. The topological polar surface area (TPSA) is 38.3 Å². The highest BCUT2D eigenvalue weighted by molar-refractivity contribution is 6.18. The van der Waals surface area contributed by atoms with Crippen LogP contribution in [0, 0.1) is 11.8 Å². The van der Waals surface area contributed by atoms with Crippen LogP contribution in [0.15, 0.2) is 24.3 Å². The molecular weight excluding hydrogens is 274 g/mol. The maximum atomic E-state index is 12.1. The molecule has 1 N–H and O–H groups in total. The predicted molar refractivity (Wildman–Crippen MR) is 81.5 cm³/mol. The number of alkyl halides is 1. The van der Waals surface area contributed by atoms with Crippen molar-refractivity contribution in [1.82, 2.24) is 5.32 Å². The summed E-state index contributed by atoms with van der Waals surface area (Å²) in [6.45, 7) is 0.724. The van der Waals surface area contributed by atoms with Crippen molar-refractivity contribution in [1.29, 1.82) is 0 Å². The number of hydrogen-bond acceptors (Lipinski definition) is 2. The molecule has 110 valence electrons. The number of carbonyl (C=O) groups is 1. The fourth-order valence-corrected chi connectivity index (χ4v) is 3.23. The van der Waals surface area contributed by atoms with E-state index in [4.69, 9.17) is 16.3 Å². The Morgan fingerprint density at radius 2 is 1.90 bits per heavy atom. The molecule has 0 bridgehead atoms. The summed E-state index contributed by atoms with van der Waals surface area (Å²) in [4.78, 5) is 12.1. The van der Waals surface area contributed by atoms with Gasteiger partial charge in [-0.3, -0.25) is 4.79 Å². The normalized spacial score (nSPS) is 22.3. The Labute approximate surface area is 125 Å². The molecule has 1 aliphatic rings. The predicted octanol–water partition coefficient (Wildman–Crippen LogP) is 3.47. The van der Waals surface area contributed by atoms with Crippen LogP contribution in [-0.4, -0.2) is 25.4 Å². The van der Waals surface area contributed by atoms with E-state index in [2.05, 4.69) is 5.32 Å². The van der Waals surface area contributed by atoms with Crippen LogP contribution >= 0.6 is 11.6 Å². The van der Waals surface area contributed by atoms with Crippen molar-refractivity contribution in [3.05, 3.63) is 29.8 Å². The molecule has 0 saturated heterocycles. The van der Waals surface area contributed by atoms with Crippen LogP contribution < -0.4 is 10.1 Å². The summed E-state index contributed by atoms with van der Waals surface area (Å²) >= 11 is 6.01. The molecule has 20 heavy (non-hydrogen) atoms. The van der Waals surface area contributed by atoms with E-state index in [1.54, 1.807) is 31.4 Å². The van der Waals surface area contributed by atoms with E-state index >= 15 is 0 Å². The van der Waals surface area contributed by atoms with Crippen LogP contribution in [0.2, 0.25) is 0 Å². The van der Waals surface area contributed by atoms with Crippen molar-refractivity contribution in [2.75, 3.05) is 19.5 Å². The van der Waals surface area contributed by atoms with E-state index in [9.17, 15) is 4.79 Å². The first-order chi connectivity index (χ1) is 9.74. The molecule has 2 atom stereocenters. The molecule has 1 aliphatic carbocycles. The average Bonchev–Trinajstić information content (AvgIpc) is 2.53. The number of amides is 1. The molecule has 0 aromatic heterocycles. The molecule has 3 nitrogen and oxygen atoms in total. The smallest absolute Gasteiger partial charge is 0.251 e. The first-order valence-corrected chi connectivity index (χ1v) is 7.76. The maximum Gasteiger partial charge on any atom is 0.251 e. The summed E-state index contributed by atoms with van der Waals surface area (Å²) < 4.78 is 5.09. The second kappa shape index (κ2) is 7.53. The standard InChI is InChI=1S/C16H22ClNO2/c1-20-15-8-6-12(7-9-15)16(19)18-11-14-5-3-2-4-13(14)10-17/h6-9,13-14H,2-5,10-11H2,1H3,(H,18,19). The van der Waals surface area contributed by atoms with Gasteiger partial charge >= 0.3 is 0 Å². The Morgan fingerprint density at radius 1 is 1.25 bits per heavy atom. The Kier molecular flexibility index (Phi) is 5.72. The molecule has 0 spiro atoms. The number of carbonyl (C=O) groups excluding carboxylic acids is 1. The van der Waals surface area contributed by atoms with Crippen molar-refractivity contribution in [2.45, 2.75) is 25.7 Å². The van der Waals surface area contributed by atoms with Crippen LogP contribution in [0.4, 0.5) is 0 Å². The van der Waals surface area contributed by atoms with Gasteiger partial charge in [-0.1, -0.05) is 12.8 Å². The minimum Gasteiger partial charge on any atom is -0.497 e. The number of halogens is 1. The third-order valence-electron chi connectivity index (χ3n) is 4.14. The summed E-state index contributed by atoms with van der Waals surface area (Å²) in [5.41, 5.74) is 0.670. The van der Waals surface area contributed by atoms with E-state index in [1.807, 2.05) is 0 Å². The first kappa shape index (κ1) is 15.2. The molecule has 4 heteroatoms. The zero-order chi connectivity index (χ0) is 14.4. The first-order valence-electron chi connectivity index (χ1n) is 7.23. The van der Waals surface area contributed by atoms with Gasteiger partial charge in [0.2, 0.25) is 0 Å². The summed E-state index contributed by atoms with van der Waals surface area (Å²) in [5.74, 6) is 2.50. The van der Waals surface area contributed by atoms with Gasteiger partial charge in [-0.15, -0.1) is 11.6 Å². The van der Waals surface area contributed by atoms with Crippen molar-refractivity contribution in [2.24, 2.45) is 11.8 Å². The second-order valence-electron chi connectivity index (χ2n) is 5.40. The van der Waals surface area contributed by atoms with Crippen LogP contribution in [-0.2, 0) is 0 Å². The summed E-state index contributed by atoms with van der Waals surface area (Å²) in [6.07, 6.45) is 4.86. The lowest BCUT2D eigenvalue weighted by atomic mass is 9.80. The third kappa shape index (κ3) is 3.89. The molecule has 0 aliphatic heterocycles. The van der Waals surface area contributed by atoms with Gasteiger partial charge < -0.3 is 10.1 Å². The highest BCUT2D eigenvalue weighted by Crippen LogP contribution is 2.30. The van der Waals surface area contributed by atoms with Gasteiger partial charge in [0.25, 0.3) is 5.91 Å². The minimum absolute atomic E-state index is 0.0217. The van der Waals surface area contributed by atoms with Crippen LogP contribution in [0.3, 0.4) is 0 Å². The summed E-state index contributed by atoms with van der Waals surface area (Å²) in [5, 5.41) is 3.03. The molecule has 1 amide bonds. The van der Waals surface area contributed by atoms with E-state index in [0.29, 0.717) is 23.3 Å². The zero-order valence-electron chi connectivity index (χ0n) is 11.9. The van der Waals surface area contributed by atoms with Crippen LogP contribution in [0.1, 0.15) is 36.0 Å². The second-order valence-corrected chi connectivity index (χ2v) is 5.71. The van der Waals surface area contributed by atoms with Crippen LogP contribution in [0.25, 0.3) is 0 Å². The molecule has 2 rings (SSSR count). The van der Waals surface area contributed by atoms with Gasteiger partial charge in [-0.25, -0.2) is 0 Å². The molecule has 1 aromatic carbocycles. The van der Waals surface area contributed by atoms with Crippen molar-refractivity contribution in [3.63, 3.8) is 0 Å². The highest BCUT2D eigenvalue weighted by Gasteiger charge is 2.24. The molecule has 1 fully saturated rings. The third-order valence-corrected chi connectivity index (χ3v) is 4.54. The Balaban J connectivity index is 1.87. The molecular formula is C16H22ClNO2. The van der Waals surface area contributed by atoms with Gasteiger partial charge in [0.15, 0.2) is 0 Å². The highest BCUT2D eigenvalue weighted by atomic mass is 35.5. The molecule has 2 unspecified atom stereocenters. The lowest BCUT2D eigenvalue weighted by Gasteiger charge is -2.30. The van der Waals surface area contributed by atoms with Gasteiger partial charge in [-0.2, -0.15) is 0 Å². The van der Waals surface area contributed by atoms with E-state index < -0.39 is 0 Å². The van der Waals surface area contributed by atoms with Crippen molar-refractivity contribution in [3.8, 4) is 5.75 Å². The average molecular weight is 296 g/mol. The van der Waals surface area contributed by atoms with Gasteiger partial charge in [0.1, 0.15) is 5.75 Å². The number of rotatable bonds is 5. The van der Waals surface area contributed by atoms with E-state index in [0.717, 1.165) is 12.3 Å². The quantitative estimate of drug-likeness (QED) is 0.845. The SMILES string of the molecule is COc1ccc(C(=O)NCC2CCCCC2CCl)cc1. The summed E-state index contributed by atoms with van der Waals surface area (Å²) in [7, 11) is 1.62. The van der Waals surface area contributed by atoms with Crippen LogP contribution in [0.5, 0.6) is 5.75 Å². The van der Waals surface area contributed by atoms with Crippen molar-refractivity contribution >= 4 is 17.5 Å². The zero-order valence-corrected chi connectivity index (χ0v) is 12.7. The van der Waals surface area contributed by atoms with E-state index in [-0.39, 0.29) is 5.91 Å². The number of methoxy groups -OCH3 is 1.